The van der Waals surface area contributed by atoms with E-state index >= 15 is 0 Å². The number of carboxylic acids is 1. The first-order chi connectivity index (χ1) is 9.08. The standard InChI is InChI=1S/C13H14O6/c1-17-8-5-10-9(18-6-19-10)4-7(8)13(2-3-13)11(14)12(15)16/h4-5,11,14H,2-3,6H2,1H3,(H,15,16). The number of aliphatic hydroxyl groups is 1. The molecule has 1 fully saturated rings. The largest absolute Gasteiger partial charge is 0.496 e. The number of aliphatic hydroxyl groups excluding tert-OH is 1. The molecule has 0 amide bonds. The number of carboxylic acid groups (broad SMARTS) is 1. The molecule has 0 aromatic heterocycles. The van der Waals surface area contributed by atoms with Gasteiger partial charge in [-0.3, -0.25) is 0 Å². The third-order valence-electron chi connectivity index (χ3n) is 3.78. The third kappa shape index (κ3) is 1.71. The Hall–Kier alpha value is -1.95. The Morgan fingerprint density at radius 2 is 2.00 bits per heavy atom. The SMILES string of the molecule is COc1cc2c(cc1C1(C(O)C(=O)O)CC1)OCO2. The summed E-state index contributed by atoms with van der Waals surface area (Å²) >= 11 is 0. The number of hydrogen-bond donors (Lipinski definition) is 2. The summed E-state index contributed by atoms with van der Waals surface area (Å²) in [6, 6.07) is 3.38. The van der Waals surface area contributed by atoms with Gasteiger partial charge in [-0.15, -0.1) is 0 Å². The number of aliphatic carboxylic acids is 1. The van der Waals surface area contributed by atoms with E-state index in [-0.39, 0.29) is 6.79 Å². The first kappa shape index (κ1) is 12.1. The smallest absolute Gasteiger partial charge is 0.333 e. The molecular formula is C13H14O6. The number of benzene rings is 1. The molecule has 0 spiro atoms. The predicted octanol–water partition coefficient (Wildman–Crippen LogP) is 0.901. The molecule has 2 aliphatic rings. The summed E-state index contributed by atoms with van der Waals surface area (Å²) in [5.41, 5.74) is -0.118. The zero-order chi connectivity index (χ0) is 13.6. The lowest BCUT2D eigenvalue weighted by atomic mass is 9.88. The summed E-state index contributed by atoms with van der Waals surface area (Å²) in [5.74, 6) is 0.417. The highest BCUT2D eigenvalue weighted by Crippen LogP contribution is 2.56. The van der Waals surface area contributed by atoms with E-state index in [1.54, 1.807) is 12.1 Å². The van der Waals surface area contributed by atoms with Gasteiger partial charge in [-0.2, -0.15) is 0 Å². The molecule has 1 unspecified atom stereocenters. The fourth-order valence-corrected chi connectivity index (χ4v) is 2.54. The summed E-state index contributed by atoms with van der Waals surface area (Å²) in [6.45, 7) is 0.135. The minimum Gasteiger partial charge on any atom is -0.496 e. The lowest BCUT2D eigenvalue weighted by Gasteiger charge is -2.22. The molecule has 1 aromatic carbocycles. The second kappa shape index (κ2) is 4.03. The molecule has 1 aromatic rings. The maximum atomic E-state index is 11.0. The lowest BCUT2D eigenvalue weighted by molar-refractivity contribution is -0.148. The second-order valence-corrected chi connectivity index (χ2v) is 4.80. The number of hydrogen-bond acceptors (Lipinski definition) is 5. The number of carbonyl (C=O) groups is 1. The average Bonchev–Trinajstić information content (AvgIpc) is 3.08. The molecule has 1 atom stereocenters. The highest BCUT2D eigenvalue weighted by atomic mass is 16.7. The van der Waals surface area contributed by atoms with Crippen molar-refractivity contribution in [2.75, 3.05) is 13.9 Å². The van der Waals surface area contributed by atoms with Gasteiger partial charge in [0.05, 0.1) is 7.11 Å². The molecule has 3 rings (SSSR count). The minimum atomic E-state index is -1.44. The van der Waals surface area contributed by atoms with Gasteiger partial charge >= 0.3 is 5.97 Å². The third-order valence-corrected chi connectivity index (χ3v) is 3.78. The second-order valence-electron chi connectivity index (χ2n) is 4.80. The zero-order valence-electron chi connectivity index (χ0n) is 10.4. The maximum absolute atomic E-state index is 11.0. The maximum Gasteiger partial charge on any atom is 0.333 e. The van der Waals surface area contributed by atoms with Crippen LogP contribution in [-0.4, -0.2) is 36.2 Å². The van der Waals surface area contributed by atoms with E-state index in [9.17, 15) is 9.90 Å². The molecule has 0 bridgehead atoms. The fraction of sp³-hybridized carbons (Fsp3) is 0.462. The van der Waals surface area contributed by atoms with Crippen LogP contribution in [-0.2, 0) is 10.2 Å². The monoisotopic (exact) mass is 266 g/mol. The van der Waals surface area contributed by atoms with Gasteiger partial charge in [0.15, 0.2) is 17.6 Å². The van der Waals surface area contributed by atoms with Crippen molar-refractivity contribution < 1.29 is 29.2 Å². The molecule has 1 saturated carbocycles. The van der Waals surface area contributed by atoms with Crippen LogP contribution in [0.2, 0.25) is 0 Å². The summed E-state index contributed by atoms with van der Waals surface area (Å²) in [4.78, 5) is 11.0. The van der Waals surface area contributed by atoms with Crippen molar-refractivity contribution in [1.29, 1.82) is 0 Å². The van der Waals surface area contributed by atoms with E-state index in [0.29, 0.717) is 35.7 Å². The zero-order valence-corrected chi connectivity index (χ0v) is 10.4. The number of methoxy groups -OCH3 is 1. The van der Waals surface area contributed by atoms with Crippen molar-refractivity contribution in [3.63, 3.8) is 0 Å². The molecule has 1 aliphatic heterocycles. The highest BCUT2D eigenvalue weighted by molar-refractivity contribution is 5.76. The van der Waals surface area contributed by atoms with Gasteiger partial charge in [0, 0.05) is 17.0 Å². The van der Waals surface area contributed by atoms with Gasteiger partial charge in [-0.05, 0) is 18.9 Å². The van der Waals surface area contributed by atoms with Gasteiger partial charge in [0.1, 0.15) is 5.75 Å². The van der Waals surface area contributed by atoms with Gasteiger partial charge < -0.3 is 24.4 Å². The first-order valence-electron chi connectivity index (χ1n) is 5.97. The van der Waals surface area contributed by atoms with E-state index < -0.39 is 17.5 Å². The number of fused-ring (bicyclic) bond motifs is 1. The van der Waals surface area contributed by atoms with Gasteiger partial charge in [0.25, 0.3) is 0 Å². The Kier molecular flexibility index (Phi) is 2.56. The van der Waals surface area contributed by atoms with E-state index in [1.165, 1.54) is 7.11 Å². The van der Waals surface area contributed by atoms with Crippen molar-refractivity contribution in [2.45, 2.75) is 24.4 Å². The molecule has 19 heavy (non-hydrogen) atoms. The van der Waals surface area contributed by atoms with Crippen LogP contribution >= 0.6 is 0 Å². The van der Waals surface area contributed by atoms with E-state index in [0.717, 1.165) is 0 Å². The van der Waals surface area contributed by atoms with Crippen molar-refractivity contribution in [3.8, 4) is 17.2 Å². The quantitative estimate of drug-likeness (QED) is 0.842. The summed E-state index contributed by atoms with van der Waals surface area (Å²) in [6.07, 6.45) is -0.228. The Morgan fingerprint density at radius 1 is 1.37 bits per heavy atom. The van der Waals surface area contributed by atoms with Gasteiger partial charge in [-0.25, -0.2) is 4.79 Å². The van der Waals surface area contributed by atoms with Crippen molar-refractivity contribution in [1.82, 2.24) is 0 Å². The van der Waals surface area contributed by atoms with E-state index in [4.69, 9.17) is 19.3 Å². The van der Waals surface area contributed by atoms with Crippen LogP contribution in [0.15, 0.2) is 12.1 Å². The topological polar surface area (TPSA) is 85.2 Å². The molecule has 6 nitrogen and oxygen atoms in total. The minimum absolute atomic E-state index is 0.135. The fourth-order valence-electron chi connectivity index (χ4n) is 2.54. The average molecular weight is 266 g/mol. The molecule has 0 radical (unpaired) electrons. The van der Waals surface area contributed by atoms with Crippen LogP contribution in [0.1, 0.15) is 18.4 Å². The Balaban J connectivity index is 2.07. The number of rotatable bonds is 4. The first-order valence-corrected chi connectivity index (χ1v) is 5.97. The van der Waals surface area contributed by atoms with Crippen molar-refractivity contribution in [3.05, 3.63) is 17.7 Å². The summed E-state index contributed by atoms with van der Waals surface area (Å²) < 4.78 is 15.8. The van der Waals surface area contributed by atoms with E-state index in [1.807, 2.05) is 0 Å². The number of ether oxygens (including phenoxy) is 3. The Labute approximate surface area is 109 Å². The Morgan fingerprint density at radius 3 is 2.53 bits per heavy atom. The molecule has 1 aliphatic carbocycles. The van der Waals surface area contributed by atoms with Crippen molar-refractivity contribution >= 4 is 5.97 Å². The normalized spacial score (nSPS) is 19.9. The van der Waals surface area contributed by atoms with Crippen LogP contribution in [0.25, 0.3) is 0 Å². The molecule has 2 N–H and O–H groups in total. The van der Waals surface area contributed by atoms with E-state index in [2.05, 4.69) is 0 Å². The van der Waals surface area contributed by atoms with Crippen LogP contribution in [0.4, 0.5) is 0 Å². The molecule has 102 valence electrons. The summed E-state index contributed by atoms with van der Waals surface area (Å²) in [5, 5.41) is 18.9. The van der Waals surface area contributed by atoms with Crippen LogP contribution in [0.5, 0.6) is 17.2 Å². The molecule has 1 heterocycles. The lowest BCUT2D eigenvalue weighted by Crippen LogP contribution is -2.34. The molecular weight excluding hydrogens is 252 g/mol. The Bertz CT molecular complexity index is 534. The van der Waals surface area contributed by atoms with Crippen LogP contribution in [0.3, 0.4) is 0 Å². The molecule has 6 heteroatoms. The van der Waals surface area contributed by atoms with Gasteiger partial charge in [-0.1, -0.05) is 0 Å². The summed E-state index contributed by atoms with van der Waals surface area (Å²) in [7, 11) is 1.50. The van der Waals surface area contributed by atoms with Gasteiger partial charge in [0.2, 0.25) is 6.79 Å². The highest BCUT2D eigenvalue weighted by Gasteiger charge is 2.55. The molecule has 0 saturated heterocycles. The predicted molar refractivity (Wildman–Crippen MR) is 63.7 cm³/mol. The van der Waals surface area contributed by atoms with Crippen molar-refractivity contribution in [2.24, 2.45) is 0 Å². The van der Waals surface area contributed by atoms with Crippen LogP contribution < -0.4 is 14.2 Å². The van der Waals surface area contributed by atoms with Crippen LogP contribution in [0, 0.1) is 0 Å².